The molecule has 0 N–H and O–H groups in total. The SMILES string of the molecule is COc1cccc(OCC(=O)c2ccc3c(c2)N([C@@H](C)C(=O)N2CCCC2)C(=O)CO3)c1. The Bertz CT molecular complexity index is 1030. The summed E-state index contributed by atoms with van der Waals surface area (Å²) < 4.78 is 16.3. The van der Waals surface area contributed by atoms with E-state index in [4.69, 9.17) is 14.2 Å². The van der Waals surface area contributed by atoms with Gasteiger partial charge in [0.25, 0.3) is 5.91 Å². The highest BCUT2D eigenvalue weighted by Gasteiger charge is 2.36. The first-order valence-electron chi connectivity index (χ1n) is 10.7. The number of methoxy groups -OCH3 is 1. The van der Waals surface area contributed by atoms with E-state index >= 15 is 0 Å². The van der Waals surface area contributed by atoms with E-state index < -0.39 is 6.04 Å². The molecule has 4 rings (SSSR count). The largest absolute Gasteiger partial charge is 0.497 e. The number of likely N-dealkylation sites (tertiary alicyclic amines) is 1. The maximum Gasteiger partial charge on any atom is 0.265 e. The van der Waals surface area contributed by atoms with E-state index in [0.29, 0.717) is 41.6 Å². The highest BCUT2D eigenvalue weighted by Crippen LogP contribution is 2.35. The summed E-state index contributed by atoms with van der Waals surface area (Å²) in [6.07, 6.45) is 1.94. The topological polar surface area (TPSA) is 85.4 Å². The second-order valence-corrected chi connectivity index (χ2v) is 7.83. The van der Waals surface area contributed by atoms with Gasteiger partial charge in [0, 0.05) is 24.7 Å². The lowest BCUT2D eigenvalue weighted by molar-refractivity contribution is -0.133. The minimum atomic E-state index is -0.679. The van der Waals surface area contributed by atoms with Crippen molar-refractivity contribution in [1.29, 1.82) is 0 Å². The summed E-state index contributed by atoms with van der Waals surface area (Å²) in [5.41, 5.74) is 0.796. The normalized spacial score (nSPS) is 16.2. The number of nitrogens with zero attached hydrogens (tertiary/aromatic N) is 2. The van der Waals surface area contributed by atoms with Gasteiger partial charge in [0.05, 0.1) is 12.8 Å². The number of rotatable bonds is 7. The molecule has 2 aromatic carbocycles. The first kappa shape index (κ1) is 21.7. The molecule has 2 heterocycles. The van der Waals surface area contributed by atoms with Gasteiger partial charge in [0.2, 0.25) is 5.91 Å². The lowest BCUT2D eigenvalue weighted by Crippen LogP contribution is -2.52. The smallest absolute Gasteiger partial charge is 0.265 e. The lowest BCUT2D eigenvalue weighted by Gasteiger charge is -2.35. The van der Waals surface area contributed by atoms with Gasteiger partial charge >= 0.3 is 0 Å². The summed E-state index contributed by atoms with van der Waals surface area (Å²) in [5.74, 6) is 0.951. The molecule has 2 aliphatic heterocycles. The van der Waals surface area contributed by atoms with Crippen LogP contribution in [-0.2, 0) is 9.59 Å². The summed E-state index contributed by atoms with van der Waals surface area (Å²) in [7, 11) is 1.56. The van der Waals surface area contributed by atoms with Gasteiger partial charge in [-0.05, 0) is 50.1 Å². The maximum atomic E-state index is 12.9. The number of amides is 2. The second kappa shape index (κ2) is 9.30. The summed E-state index contributed by atoms with van der Waals surface area (Å²) in [6, 6.07) is 11.2. The van der Waals surface area contributed by atoms with Crippen molar-refractivity contribution in [2.75, 3.05) is 38.3 Å². The Morgan fingerprint density at radius 1 is 1.09 bits per heavy atom. The minimum Gasteiger partial charge on any atom is -0.497 e. The number of benzene rings is 2. The van der Waals surface area contributed by atoms with Crippen LogP contribution >= 0.6 is 0 Å². The van der Waals surface area contributed by atoms with Crippen LogP contribution in [0.5, 0.6) is 17.2 Å². The molecule has 1 fully saturated rings. The molecule has 8 heteroatoms. The molecule has 2 aliphatic rings. The minimum absolute atomic E-state index is 0.0956. The summed E-state index contributed by atoms with van der Waals surface area (Å²) in [5, 5.41) is 0. The highest BCUT2D eigenvalue weighted by atomic mass is 16.5. The zero-order chi connectivity index (χ0) is 22.7. The Balaban J connectivity index is 1.53. The lowest BCUT2D eigenvalue weighted by atomic mass is 10.1. The molecule has 0 bridgehead atoms. The predicted molar refractivity (Wildman–Crippen MR) is 118 cm³/mol. The van der Waals surface area contributed by atoms with Crippen molar-refractivity contribution in [2.45, 2.75) is 25.8 Å². The van der Waals surface area contributed by atoms with Gasteiger partial charge in [-0.15, -0.1) is 0 Å². The van der Waals surface area contributed by atoms with Gasteiger partial charge in [-0.1, -0.05) is 6.07 Å². The van der Waals surface area contributed by atoms with Crippen LogP contribution < -0.4 is 19.1 Å². The van der Waals surface area contributed by atoms with Crippen LogP contribution in [0.4, 0.5) is 5.69 Å². The fourth-order valence-electron chi connectivity index (χ4n) is 4.00. The fourth-order valence-corrected chi connectivity index (χ4v) is 4.00. The zero-order valence-corrected chi connectivity index (χ0v) is 18.2. The van der Waals surface area contributed by atoms with Gasteiger partial charge in [0.1, 0.15) is 23.3 Å². The molecule has 0 spiro atoms. The average Bonchev–Trinajstić information content (AvgIpc) is 3.36. The molecule has 2 aromatic rings. The van der Waals surface area contributed by atoms with Gasteiger partial charge in [-0.3, -0.25) is 19.3 Å². The van der Waals surface area contributed by atoms with Crippen molar-refractivity contribution in [3.63, 3.8) is 0 Å². The summed E-state index contributed by atoms with van der Waals surface area (Å²) in [4.78, 5) is 41.6. The molecule has 0 radical (unpaired) electrons. The van der Waals surface area contributed by atoms with Crippen LogP contribution in [0.2, 0.25) is 0 Å². The van der Waals surface area contributed by atoms with Crippen LogP contribution in [0.3, 0.4) is 0 Å². The number of ether oxygens (including phenoxy) is 3. The van der Waals surface area contributed by atoms with E-state index in [-0.39, 0.29) is 30.8 Å². The Morgan fingerprint density at radius 3 is 2.59 bits per heavy atom. The number of carbonyl (C=O) groups excluding carboxylic acids is 3. The standard InChI is InChI=1S/C24H26N2O6/c1-16(24(29)25-10-3-4-11-25)26-20-12-17(8-9-22(20)32-15-23(26)28)21(27)14-31-19-7-5-6-18(13-19)30-2/h5-9,12-13,16H,3-4,10-11,14-15H2,1-2H3/t16-/m0/s1. The molecular weight excluding hydrogens is 412 g/mol. The number of hydrogen-bond acceptors (Lipinski definition) is 6. The predicted octanol–water partition coefficient (Wildman–Crippen LogP) is 2.69. The number of anilines is 1. The van der Waals surface area contributed by atoms with Crippen molar-refractivity contribution < 1.29 is 28.6 Å². The Hall–Kier alpha value is -3.55. The van der Waals surface area contributed by atoms with E-state index in [1.165, 1.54) is 4.90 Å². The van der Waals surface area contributed by atoms with Gasteiger partial charge in [-0.25, -0.2) is 0 Å². The quantitative estimate of drug-likeness (QED) is 0.618. The van der Waals surface area contributed by atoms with Crippen LogP contribution in [0, 0.1) is 0 Å². The van der Waals surface area contributed by atoms with E-state index in [2.05, 4.69) is 0 Å². The molecular formula is C24H26N2O6. The number of fused-ring (bicyclic) bond motifs is 1. The number of carbonyl (C=O) groups is 3. The number of ketones is 1. The molecule has 1 atom stereocenters. The van der Waals surface area contributed by atoms with Crippen LogP contribution in [-0.4, -0.2) is 62.0 Å². The van der Waals surface area contributed by atoms with E-state index in [9.17, 15) is 14.4 Å². The molecule has 8 nitrogen and oxygen atoms in total. The Morgan fingerprint density at radius 2 is 1.84 bits per heavy atom. The Labute approximate surface area is 186 Å². The third-order valence-electron chi connectivity index (χ3n) is 5.73. The van der Waals surface area contributed by atoms with Crippen molar-refractivity contribution in [3.05, 3.63) is 48.0 Å². The third kappa shape index (κ3) is 4.39. The van der Waals surface area contributed by atoms with Crippen LogP contribution in [0.25, 0.3) is 0 Å². The molecule has 32 heavy (non-hydrogen) atoms. The van der Waals surface area contributed by atoms with Crippen LogP contribution in [0.15, 0.2) is 42.5 Å². The first-order valence-corrected chi connectivity index (χ1v) is 10.7. The van der Waals surface area contributed by atoms with Crippen molar-refractivity contribution in [1.82, 2.24) is 4.90 Å². The van der Waals surface area contributed by atoms with Gasteiger partial charge < -0.3 is 19.1 Å². The first-order chi connectivity index (χ1) is 15.5. The van der Waals surface area contributed by atoms with Crippen molar-refractivity contribution >= 4 is 23.3 Å². The molecule has 0 aliphatic carbocycles. The van der Waals surface area contributed by atoms with Gasteiger partial charge in [0.15, 0.2) is 19.0 Å². The fraction of sp³-hybridized carbons (Fsp3) is 0.375. The van der Waals surface area contributed by atoms with E-state index in [1.807, 2.05) is 0 Å². The van der Waals surface area contributed by atoms with Crippen LogP contribution in [0.1, 0.15) is 30.1 Å². The Kier molecular flexibility index (Phi) is 6.30. The van der Waals surface area contributed by atoms with E-state index in [1.54, 1.807) is 61.4 Å². The van der Waals surface area contributed by atoms with Crippen molar-refractivity contribution in [3.8, 4) is 17.2 Å². The zero-order valence-electron chi connectivity index (χ0n) is 18.2. The summed E-state index contributed by atoms with van der Waals surface area (Å²) >= 11 is 0. The van der Waals surface area contributed by atoms with E-state index in [0.717, 1.165) is 12.8 Å². The number of Topliss-reactive ketones (excluding diaryl/α,β-unsaturated/α-hetero) is 1. The highest BCUT2D eigenvalue weighted by molar-refractivity contribution is 6.05. The number of hydrogen-bond donors (Lipinski definition) is 0. The average molecular weight is 438 g/mol. The second-order valence-electron chi connectivity index (χ2n) is 7.83. The molecule has 2 amide bonds. The molecule has 168 valence electrons. The molecule has 0 saturated carbocycles. The van der Waals surface area contributed by atoms with Crippen molar-refractivity contribution in [2.24, 2.45) is 0 Å². The maximum absolute atomic E-state index is 12.9. The van der Waals surface area contributed by atoms with Gasteiger partial charge in [-0.2, -0.15) is 0 Å². The molecule has 0 aromatic heterocycles. The summed E-state index contributed by atoms with van der Waals surface area (Å²) in [6.45, 7) is 2.80. The third-order valence-corrected chi connectivity index (χ3v) is 5.73. The molecule has 0 unspecified atom stereocenters. The monoisotopic (exact) mass is 438 g/mol. The molecule has 1 saturated heterocycles.